The lowest BCUT2D eigenvalue weighted by atomic mass is 9.98. The summed E-state index contributed by atoms with van der Waals surface area (Å²) in [4.78, 5) is 9.74. The molecule has 0 saturated carbocycles. The van der Waals surface area contributed by atoms with E-state index < -0.39 is 0 Å². The molecule has 0 unspecified atom stereocenters. The first kappa shape index (κ1) is 44.3. The van der Waals surface area contributed by atoms with Crippen LogP contribution in [-0.2, 0) is 6.54 Å². The quantitative estimate of drug-likeness (QED) is 0.0531. The summed E-state index contributed by atoms with van der Waals surface area (Å²) in [6.45, 7) is 11.7. The number of unbranched alkanes of at least 4 members (excludes halogenated alkanes) is 18. The van der Waals surface area contributed by atoms with Crippen LogP contribution in [0.4, 0.5) is 0 Å². The second kappa shape index (κ2) is 34.2. The smallest absolute Gasteiger partial charge is 0.0946 e. The molecular formula is C46H82N4. The van der Waals surface area contributed by atoms with Crippen LogP contribution in [0.3, 0.4) is 0 Å². The predicted octanol–water partition coefficient (Wildman–Crippen LogP) is 13.3. The summed E-state index contributed by atoms with van der Waals surface area (Å²) in [7, 11) is 0. The molecule has 286 valence electrons. The van der Waals surface area contributed by atoms with Gasteiger partial charge in [0.1, 0.15) is 0 Å². The number of hydrogen-bond acceptors (Lipinski definition) is 3. The third-order valence-electron chi connectivity index (χ3n) is 10.6. The van der Waals surface area contributed by atoms with Crippen molar-refractivity contribution in [1.82, 2.24) is 19.4 Å². The maximum absolute atomic E-state index is 4.21. The van der Waals surface area contributed by atoms with Crippen molar-refractivity contribution in [3.63, 3.8) is 0 Å². The summed E-state index contributed by atoms with van der Waals surface area (Å²) >= 11 is 0. The normalized spacial score (nSPS) is 15.6. The molecule has 1 aromatic heterocycles. The van der Waals surface area contributed by atoms with Gasteiger partial charge in [0, 0.05) is 57.7 Å². The van der Waals surface area contributed by atoms with Gasteiger partial charge in [-0.3, -0.25) is 9.80 Å². The molecule has 0 N–H and O–H groups in total. The molecule has 2 rings (SSSR count). The van der Waals surface area contributed by atoms with Gasteiger partial charge in [0.15, 0.2) is 0 Å². The lowest BCUT2D eigenvalue weighted by Gasteiger charge is -2.39. The van der Waals surface area contributed by atoms with E-state index in [0.717, 1.165) is 32.0 Å². The monoisotopic (exact) mass is 691 g/mol. The van der Waals surface area contributed by atoms with Crippen LogP contribution in [0.2, 0.25) is 0 Å². The molecule has 0 atom stereocenters. The summed E-state index contributed by atoms with van der Waals surface area (Å²) in [6.07, 6.45) is 59.9. The van der Waals surface area contributed by atoms with Crippen LogP contribution >= 0.6 is 0 Å². The summed E-state index contributed by atoms with van der Waals surface area (Å²) < 4.78 is 2.21. The minimum atomic E-state index is 0.794. The van der Waals surface area contributed by atoms with Gasteiger partial charge in [-0.2, -0.15) is 0 Å². The van der Waals surface area contributed by atoms with Crippen molar-refractivity contribution in [3.8, 4) is 0 Å². The molecule has 0 amide bonds. The van der Waals surface area contributed by atoms with Crippen molar-refractivity contribution >= 4 is 0 Å². The van der Waals surface area contributed by atoms with E-state index in [0.29, 0.717) is 0 Å². The fourth-order valence-electron chi connectivity index (χ4n) is 7.27. The molecule has 1 aliphatic heterocycles. The van der Waals surface area contributed by atoms with E-state index in [4.69, 9.17) is 0 Å². The second-order valence-electron chi connectivity index (χ2n) is 15.1. The van der Waals surface area contributed by atoms with Crippen LogP contribution in [0.25, 0.3) is 0 Å². The summed E-state index contributed by atoms with van der Waals surface area (Å²) in [5.74, 6) is 0. The Kier molecular flexibility index (Phi) is 30.3. The average Bonchev–Trinajstić information content (AvgIpc) is 3.67. The van der Waals surface area contributed by atoms with Gasteiger partial charge in [-0.25, -0.2) is 4.98 Å². The zero-order valence-corrected chi connectivity index (χ0v) is 33.3. The van der Waals surface area contributed by atoms with Crippen LogP contribution in [0.15, 0.2) is 67.3 Å². The van der Waals surface area contributed by atoms with Crippen molar-refractivity contribution in [1.29, 1.82) is 0 Å². The maximum atomic E-state index is 4.21. The number of piperazine rings is 1. The Labute approximate surface area is 312 Å². The first-order valence-corrected chi connectivity index (χ1v) is 21.9. The summed E-state index contributed by atoms with van der Waals surface area (Å²) in [5, 5.41) is 0. The highest BCUT2D eigenvalue weighted by molar-refractivity contribution is 4.93. The second-order valence-corrected chi connectivity index (χ2v) is 15.1. The molecular weight excluding hydrogens is 609 g/mol. The Morgan fingerprint density at radius 3 is 1.38 bits per heavy atom. The van der Waals surface area contributed by atoms with Crippen LogP contribution in [0, 0.1) is 0 Å². The largest absolute Gasteiger partial charge is 0.336 e. The van der Waals surface area contributed by atoms with E-state index in [1.807, 2.05) is 12.5 Å². The molecule has 0 aromatic carbocycles. The predicted molar refractivity (Wildman–Crippen MR) is 222 cm³/mol. The molecule has 2 heterocycles. The fourth-order valence-corrected chi connectivity index (χ4v) is 7.27. The third kappa shape index (κ3) is 26.0. The van der Waals surface area contributed by atoms with E-state index >= 15 is 0 Å². The van der Waals surface area contributed by atoms with Gasteiger partial charge in [0.05, 0.1) is 6.33 Å². The molecule has 1 aliphatic rings. The minimum absolute atomic E-state index is 0.794. The fraction of sp³-hybridized carbons (Fsp3) is 0.761. The van der Waals surface area contributed by atoms with Gasteiger partial charge in [0.25, 0.3) is 0 Å². The molecule has 0 radical (unpaired) electrons. The van der Waals surface area contributed by atoms with Crippen LogP contribution < -0.4 is 0 Å². The number of rotatable bonds is 34. The van der Waals surface area contributed by atoms with Gasteiger partial charge in [-0.05, 0) is 77.0 Å². The SMILES string of the molecule is CCCCCC=CCC=CCCCCCCCCC(CCCCCCCCC=CCC=CCCCCC)N1CCN(CCn2ccnc2)CC1. The van der Waals surface area contributed by atoms with Crippen molar-refractivity contribution in [2.45, 2.75) is 193 Å². The van der Waals surface area contributed by atoms with Crippen LogP contribution in [0.5, 0.6) is 0 Å². The molecule has 1 fully saturated rings. The van der Waals surface area contributed by atoms with Crippen molar-refractivity contribution in [2.75, 3.05) is 32.7 Å². The minimum Gasteiger partial charge on any atom is -0.336 e. The zero-order chi connectivity index (χ0) is 35.4. The first-order chi connectivity index (χ1) is 24.8. The summed E-state index contributed by atoms with van der Waals surface area (Å²) in [6, 6.07) is 0.794. The van der Waals surface area contributed by atoms with Gasteiger partial charge >= 0.3 is 0 Å². The van der Waals surface area contributed by atoms with E-state index in [2.05, 4.69) is 88.0 Å². The molecule has 0 aliphatic carbocycles. The lowest BCUT2D eigenvalue weighted by molar-refractivity contribution is 0.0837. The Morgan fingerprint density at radius 1 is 0.500 bits per heavy atom. The summed E-state index contributed by atoms with van der Waals surface area (Å²) in [5.41, 5.74) is 0. The Morgan fingerprint density at radius 2 is 0.940 bits per heavy atom. The van der Waals surface area contributed by atoms with Gasteiger partial charge in [-0.1, -0.05) is 152 Å². The highest BCUT2D eigenvalue weighted by atomic mass is 15.3. The molecule has 0 bridgehead atoms. The maximum Gasteiger partial charge on any atom is 0.0946 e. The topological polar surface area (TPSA) is 24.3 Å². The molecule has 0 spiro atoms. The molecule has 4 heteroatoms. The number of imidazole rings is 1. The van der Waals surface area contributed by atoms with Gasteiger partial charge in [0.2, 0.25) is 0 Å². The van der Waals surface area contributed by atoms with Crippen molar-refractivity contribution < 1.29 is 0 Å². The lowest BCUT2D eigenvalue weighted by Crippen LogP contribution is -2.50. The first-order valence-electron chi connectivity index (χ1n) is 21.9. The number of allylic oxidation sites excluding steroid dienone is 8. The molecule has 4 nitrogen and oxygen atoms in total. The van der Waals surface area contributed by atoms with E-state index in [1.54, 1.807) is 0 Å². The third-order valence-corrected chi connectivity index (χ3v) is 10.6. The van der Waals surface area contributed by atoms with Crippen LogP contribution in [0.1, 0.15) is 181 Å². The number of nitrogens with zero attached hydrogens (tertiary/aromatic N) is 4. The number of hydrogen-bond donors (Lipinski definition) is 0. The Bertz CT molecular complexity index is 889. The standard InChI is InChI=1S/C46H82N4/c1-3-5-7-9-11-13-15-17-19-21-23-25-27-29-31-33-35-46(50-43-41-48(42-44-50)39-40-49-38-37-47-45-49)36-34-32-30-28-26-24-22-20-18-16-14-12-10-8-6-4-2/h11-14,17-20,37-38,45-46H,3-10,15-16,21-36,39-44H2,1-2H3. The highest BCUT2D eigenvalue weighted by Crippen LogP contribution is 2.21. The Hall–Kier alpha value is -1.91. The molecule has 1 saturated heterocycles. The highest BCUT2D eigenvalue weighted by Gasteiger charge is 2.23. The van der Waals surface area contributed by atoms with Crippen molar-refractivity contribution in [2.24, 2.45) is 0 Å². The molecule has 1 aromatic rings. The zero-order valence-electron chi connectivity index (χ0n) is 33.3. The molecule has 50 heavy (non-hydrogen) atoms. The van der Waals surface area contributed by atoms with Gasteiger partial charge in [-0.15, -0.1) is 0 Å². The number of aromatic nitrogens is 2. The van der Waals surface area contributed by atoms with E-state index in [1.165, 1.54) is 180 Å². The van der Waals surface area contributed by atoms with Crippen LogP contribution in [-0.4, -0.2) is 58.1 Å². The van der Waals surface area contributed by atoms with Crippen molar-refractivity contribution in [3.05, 3.63) is 67.3 Å². The van der Waals surface area contributed by atoms with E-state index in [-0.39, 0.29) is 0 Å². The van der Waals surface area contributed by atoms with E-state index in [9.17, 15) is 0 Å². The van der Waals surface area contributed by atoms with Gasteiger partial charge < -0.3 is 4.57 Å². The average molecular weight is 691 g/mol. The Balaban J connectivity index is 1.56.